The van der Waals surface area contributed by atoms with E-state index in [1.165, 1.54) is 0 Å². The fourth-order valence-electron chi connectivity index (χ4n) is 4.58. The van der Waals surface area contributed by atoms with E-state index in [1.807, 2.05) is 0 Å². The average molecular weight is 1090 g/mol. The third-order valence-corrected chi connectivity index (χ3v) is 8.51. The van der Waals surface area contributed by atoms with E-state index in [0.29, 0.717) is 24.3 Å². The lowest BCUT2D eigenvalue weighted by molar-refractivity contribution is -0.451. The molecule has 2 aromatic carbocycles. The van der Waals surface area contributed by atoms with Gasteiger partial charge in [0.05, 0.1) is 11.4 Å². The Labute approximate surface area is 355 Å². The molecule has 0 saturated heterocycles. The Kier molecular flexibility index (Phi) is 15.0. The Morgan fingerprint density at radius 1 is 0.333 bits per heavy atom. The van der Waals surface area contributed by atoms with Gasteiger partial charge in [-0.1, -0.05) is 12.1 Å². The van der Waals surface area contributed by atoms with Crippen molar-refractivity contribution in [3.63, 3.8) is 0 Å². The molecule has 0 unspecified atom stereocenters. The summed E-state index contributed by atoms with van der Waals surface area (Å²) < 4.78 is 465. The molecule has 0 saturated carbocycles. The van der Waals surface area contributed by atoms with Gasteiger partial charge in [-0.15, -0.1) is 0 Å². The van der Waals surface area contributed by atoms with Gasteiger partial charge in [0.25, 0.3) is 0 Å². The number of halogens is 34. The Balaban J connectivity index is 2.43. The van der Waals surface area contributed by atoms with Crippen LogP contribution in [-0.2, 0) is 6.42 Å². The first kappa shape index (κ1) is 59.9. The zero-order valence-electron chi connectivity index (χ0n) is 31.0. The second kappa shape index (κ2) is 17.3. The highest BCUT2D eigenvalue weighted by atomic mass is 19.4. The summed E-state index contributed by atoms with van der Waals surface area (Å²) >= 11 is 0. The third kappa shape index (κ3) is 8.96. The highest BCUT2D eigenvalue weighted by molar-refractivity contribution is 5.58. The predicted octanol–water partition coefficient (Wildman–Crippen LogP) is 14.2. The largest absolute Gasteiger partial charge is 0.460 e. The lowest BCUT2D eigenvalue weighted by Gasteiger charge is -2.41. The molecular weight excluding hydrogens is 1080 g/mol. The van der Waals surface area contributed by atoms with Gasteiger partial charge in [-0.05, 0) is 41.8 Å². The van der Waals surface area contributed by atoms with Crippen molar-refractivity contribution in [1.82, 2.24) is 0 Å². The van der Waals surface area contributed by atoms with Crippen molar-refractivity contribution in [2.75, 3.05) is 11.5 Å². The SMILES string of the molecule is Nc1cc(Cc2ccc(OC(F)=C(F)C(F)(F)C(F)(F)C(F)(F)C(F)(F)C(F)(F)C(F)(F)C(F)(F)F)c(N)c2)ccc1OC(F)=C(F)C(F)(F)C(F)(F)C(F)(F)C(F)(F)C(F)(F)C(F)(F)C(F)(F)F. The highest BCUT2D eigenvalue weighted by Gasteiger charge is 2.95. The summed E-state index contributed by atoms with van der Waals surface area (Å²) in [4.78, 5) is 0. The molecule has 2 aromatic rings. The van der Waals surface area contributed by atoms with Crippen LogP contribution in [0.3, 0.4) is 0 Å². The molecule has 0 spiro atoms. The maximum Gasteiger partial charge on any atom is 0.460 e. The molecule has 38 heteroatoms. The van der Waals surface area contributed by atoms with Crippen LogP contribution in [0.25, 0.3) is 0 Å². The van der Waals surface area contributed by atoms with Gasteiger partial charge in [-0.2, -0.15) is 149 Å². The number of hydrogen-bond donors (Lipinski definition) is 2. The number of nitrogen functional groups attached to an aromatic ring is 2. The summed E-state index contributed by atoms with van der Waals surface area (Å²) in [5, 5.41) is 0. The van der Waals surface area contributed by atoms with Crippen molar-refractivity contribution in [3.8, 4) is 11.5 Å². The minimum atomic E-state index is -8.88. The molecule has 2 rings (SSSR count). The van der Waals surface area contributed by atoms with Gasteiger partial charge < -0.3 is 20.9 Å². The summed E-state index contributed by atoms with van der Waals surface area (Å²) in [6.07, 6.45) is -16.7. The van der Waals surface area contributed by atoms with E-state index in [0.717, 1.165) is 0 Å². The number of allylic oxidation sites excluding steroid dienone is 2. The minimum absolute atomic E-state index is 0.165. The molecule has 0 aliphatic rings. The maximum atomic E-state index is 14.2. The van der Waals surface area contributed by atoms with E-state index in [4.69, 9.17) is 11.5 Å². The molecule has 4 N–H and O–H groups in total. The lowest BCUT2D eigenvalue weighted by atomic mass is 9.91. The van der Waals surface area contributed by atoms with Crippen molar-refractivity contribution < 1.29 is 159 Å². The summed E-state index contributed by atoms with van der Waals surface area (Å²) in [6, 6.07) is -5.64. The van der Waals surface area contributed by atoms with Crippen molar-refractivity contribution in [1.29, 1.82) is 0 Å². The topological polar surface area (TPSA) is 70.5 Å². The minimum Gasteiger partial charge on any atom is -0.427 e. The number of ether oxygens (including phenoxy) is 2. The predicted molar refractivity (Wildman–Crippen MR) is 156 cm³/mol. The molecule has 0 amide bonds. The number of alkyl halides is 30. The van der Waals surface area contributed by atoms with E-state index in [1.54, 1.807) is 0 Å². The van der Waals surface area contributed by atoms with Gasteiger partial charge in [-0.25, -0.2) is 0 Å². The number of anilines is 2. The standard InChI is InChI=1S/C31H12F34N2O2/c32-14(18(36,37)20(40,41)22(44,45)24(48,49)26(52,53)28(56,57)30(60,61)62)16(34)68-12-3-1-8(6-10(12)66)5-9-2-4-13(11(67)7-9)69-17(35)15(33)19(38,39)21(42,43)23(46,47)25(50,51)27(54,55)29(58,59)31(63,64)65/h1-4,6-7H,5,66-67H2. The third-order valence-electron chi connectivity index (χ3n) is 8.51. The zero-order chi connectivity index (χ0) is 55.1. The normalized spacial score (nSPS) is 16.0. The van der Waals surface area contributed by atoms with Gasteiger partial charge in [0.2, 0.25) is 11.7 Å². The fourth-order valence-corrected chi connectivity index (χ4v) is 4.58. The van der Waals surface area contributed by atoms with Crippen LogP contribution in [0.2, 0.25) is 0 Å². The van der Waals surface area contributed by atoms with Crippen LogP contribution in [0, 0.1) is 0 Å². The first-order valence-corrected chi connectivity index (χ1v) is 16.0. The number of hydrogen-bond acceptors (Lipinski definition) is 4. The quantitative estimate of drug-likeness (QED) is 0.0887. The first-order chi connectivity index (χ1) is 30.1. The van der Waals surface area contributed by atoms with Crippen LogP contribution in [0.4, 0.5) is 161 Å². The van der Waals surface area contributed by atoms with Crippen LogP contribution in [0.5, 0.6) is 11.5 Å². The van der Waals surface area contributed by atoms with Crippen molar-refractivity contribution >= 4 is 11.4 Å². The van der Waals surface area contributed by atoms with Gasteiger partial charge in [-0.3, -0.25) is 0 Å². The molecule has 4 nitrogen and oxygen atoms in total. The maximum absolute atomic E-state index is 14.2. The Morgan fingerprint density at radius 2 is 0.551 bits per heavy atom. The molecule has 69 heavy (non-hydrogen) atoms. The summed E-state index contributed by atoms with van der Waals surface area (Å²) in [5.41, 5.74) is 7.33. The molecule has 0 aliphatic carbocycles. The first-order valence-electron chi connectivity index (χ1n) is 16.0. The van der Waals surface area contributed by atoms with Gasteiger partial charge in [0, 0.05) is 0 Å². The number of nitrogens with two attached hydrogens (primary N) is 2. The molecular formula is C31H12F34N2O2. The second-order valence-corrected chi connectivity index (χ2v) is 13.2. The van der Waals surface area contributed by atoms with Gasteiger partial charge >= 0.3 is 95.4 Å². The summed E-state index contributed by atoms with van der Waals surface area (Å²) in [5.74, 6) is -115. The van der Waals surface area contributed by atoms with Crippen LogP contribution >= 0.6 is 0 Å². The van der Waals surface area contributed by atoms with Crippen molar-refractivity contribution in [2.45, 2.75) is 89.8 Å². The van der Waals surface area contributed by atoms with E-state index in [9.17, 15) is 149 Å². The smallest absolute Gasteiger partial charge is 0.427 e. The van der Waals surface area contributed by atoms with E-state index in [-0.39, 0.29) is 12.1 Å². The van der Waals surface area contributed by atoms with Crippen LogP contribution in [0.1, 0.15) is 11.1 Å². The Morgan fingerprint density at radius 3 is 0.768 bits per heavy atom. The zero-order valence-corrected chi connectivity index (χ0v) is 31.0. The van der Waals surface area contributed by atoms with Crippen molar-refractivity contribution in [3.05, 3.63) is 71.2 Å². The molecule has 0 aliphatic heterocycles. The monoisotopic (exact) mass is 1090 g/mol. The highest BCUT2D eigenvalue weighted by Crippen LogP contribution is 2.65. The Bertz CT molecular complexity index is 2130. The number of benzene rings is 2. The van der Waals surface area contributed by atoms with Crippen LogP contribution in [0.15, 0.2) is 60.1 Å². The summed E-state index contributed by atoms with van der Waals surface area (Å²) in [6.45, 7) is 0. The molecule has 396 valence electrons. The van der Waals surface area contributed by atoms with Gasteiger partial charge in [0.15, 0.2) is 11.5 Å². The fraction of sp³-hybridized carbons (Fsp3) is 0.484. The number of rotatable bonds is 18. The summed E-state index contributed by atoms with van der Waals surface area (Å²) in [7, 11) is 0. The van der Waals surface area contributed by atoms with E-state index < -0.39 is 148 Å². The molecule has 0 radical (unpaired) electrons. The van der Waals surface area contributed by atoms with Crippen molar-refractivity contribution in [2.24, 2.45) is 0 Å². The van der Waals surface area contributed by atoms with E-state index >= 15 is 0 Å². The second-order valence-electron chi connectivity index (χ2n) is 13.2. The van der Waals surface area contributed by atoms with Crippen LogP contribution < -0.4 is 20.9 Å². The lowest BCUT2D eigenvalue weighted by Crippen LogP contribution is -2.72. The molecule has 0 atom stereocenters. The molecule has 0 fully saturated rings. The van der Waals surface area contributed by atoms with Crippen LogP contribution in [-0.4, -0.2) is 83.4 Å². The average Bonchev–Trinajstić information content (AvgIpc) is 3.17. The van der Waals surface area contributed by atoms with Gasteiger partial charge in [0.1, 0.15) is 0 Å². The molecule has 0 heterocycles. The molecule has 0 aromatic heterocycles. The molecule has 0 bridgehead atoms. The Hall–Kier alpha value is -5.26. The van der Waals surface area contributed by atoms with E-state index in [2.05, 4.69) is 9.47 Å².